The monoisotopic (exact) mass is 278 g/mol. The first-order chi connectivity index (χ1) is 9.61. The van der Waals surface area contributed by atoms with Gasteiger partial charge in [-0.2, -0.15) is 5.10 Å². The summed E-state index contributed by atoms with van der Waals surface area (Å²) in [4.78, 5) is 12.8. The van der Waals surface area contributed by atoms with E-state index in [0.29, 0.717) is 5.82 Å². The van der Waals surface area contributed by atoms with Gasteiger partial charge < -0.3 is 4.90 Å². The predicted molar refractivity (Wildman–Crippen MR) is 78.8 cm³/mol. The summed E-state index contributed by atoms with van der Waals surface area (Å²) < 4.78 is 1.61. The lowest BCUT2D eigenvalue weighted by molar-refractivity contribution is -0.384. The highest BCUT2D eigenvalue weighted by Gasteiger charge is 2.43. The molecule has 1 saturated carbocycles. The minimum Gasteiger partial charge on any atom is -0.350 e. The number of aromatic nitrogens is 2. The molecule has 110 valence electrons. The SMILES string of the molecule is CC.Cn1ncc([N+](=O)[O-])c1N1CCC=CC2(CC2)C1. The first-order valence-corrected chi connectivity index (χ1v) is 7.20. The van der Waals surface area contributed by atoms with Crippen LogP contribution in [-0.4, -0.2) is 27.8 Å². The van der Waals surface area contributed by atoms with Gasteiger partial charge in [-0.3, -0.25) is 10.1 Å². The molecule has 6 heteroatoms. The Morgan fingerprint density at radius 3 is 2.70 bits per heavy atom. The lowest BCUT2D eigenvalue weighted by Crippen LogP contribution is -2.31. The van der Waals surface area contributed by atoms with Gasteiger partial charge in [-0.1, -0.05) is 26.0 Å². The second-order valence-corrected chi connectivity index (χ2v) is 5.21. The molecule has 1 spiro atoms. The van der Waals surface area contributed by atoms with Gasteiger partial charge >= 0.3 is 5.69 Å². The third-order valence-electron chi connectivity index (χ3n) is 3.82. The maximum absolute atomic E-state index is 11.1. The molecule has 20 heavy (non-hydrogen) atoms. The minimum atomic E-state index is -0.347. The Balaban J connectivity index is 0.000000704. The molecule has 1 aliphatic heterocycles. The summed E-state index contributed by atoms with van der Waals surface area (Å²) in [5.74, 6) is 0.634. The van der Waals surface area contributed by atoms with E-state index in [4.69, 9.17) is 0 Å². The molecule has 0 atom stereocenters. The van der Waals surface area contributed by atoms with Crippen LogP contribution >= 0.6 is 0 Å². The van der Waals surface area contributed by atoms with Crippen LogP contribution in [0.5, 0.6) is 0 Å². The lowest BCUT2D eigenvalue weighted by Gasteiger charge is -2.25. The van der Waals surface area contributed by atoms with Crippen LogP contribution in [0.15, 0.2) is 18.3 Å². The normalized spacial score (nSPS) is 19.2. The number of nitrogens with zero attached hydrogens (tertiary/aromatic N) is 4. The van der Waals surface area contributed by atoms with E-state index in [-0.39, 0.29) is 16.0 Å². The van der Waals surface area contributed by atoms with Crippen molar-refractivity contribution in [1.29, 1.82) is 0 Å². The summed E-state index contributed by atoms with van der Waals surface area (Å²) in [6, 6.07) is 0. The van der Waals surface area contributed by atoms with Gasteiger partial charge in [-0.25, -0.2) is 4.68 Å². The predicted octanol–water partition coefficient (Wildman–Crippen LogP) is 2.90. The van der Waals surface area contributed by atoms with Crippen molar-refractivity contribution in [2.24, 2.45) is 12.5 Å². The molecule has 0 aromatic carbocycles. The zero-order valence-electron chi connectivity index (χ0n) is 12.4. The maximum atomic E-state index is 11.1. The van der Waals surface area contributed by atoms with Gasteiger partial charge in [0.2, 0.25) is 5.82 Å². The molecular weight excluding hydrogens is 256 g/mol. The smallest absolute Gasteiger partial charge is 0.331 e. The highest BCUT2D eigenvalue weighted by atomic mass is 16.6. The van der Waals surface area contributed by atoms with Crippen LogP contribution in [0.25, 0.3) is 0 Å². The third kappa shape index (κ3) is 2.69. The van der Waals surface area contributed by atoms with Crippen LogP contribution in [-0.2, 0) is 7.05 Å². The van der Waals surface area contributed by atoms with Gasteiger partial charge in [0.05, 0.1) is 4.92 Å². The van der Waals surface area contributed by atoms with E-state index in [9.17, 15) is 10.1 Å². The van der Waals surface area contributed by atoms with Gasteiger partial charge in [-0.15, -0.1) is 0 Å². The maximum Gasteiger partial charge on any atom is 0.331 e. The van der Waals surface area contributed by atoms with Crippen LogP contribution < -0.4 is 4.90 Å². The molecule has 0 unspecified atom stereocenters. The Labute approximate surface area is 119 Å². The van der Waals surface area contributed by atoms with Crippen molar-refractivity contribution in [3.63, 3.8) is 0 Å². The largest absolute Gasteiger partial charge is 0.350 e. The summed E-state index contributed by atoms with van der Waals surface area (Å²) in [7, 11) is 1.76. The van der Waals surface area contributed by atoms with Gasteiger partial charge in [0, 0.05) is 25.6 Å². The van der Waals surface area contributed by atoms with Crippen LogP contribution in [0, 0.1) is 15.5 Å². The van der Waals surface area contributed by atoms with Gasteiger partial charge in [0.15, 0.2) is 0 Å². The average molecular weight is 278 g/mol. The first-order valence-electron chi connectivity index (χ1n) is 7.20. The number of hydrogen-bond donors (Lipinski definition) is 0. The summed E-state index contributed by atoms with van der Waals surface area (Å²) in [6.07, 6.45) is 9.14. The van der Waals surface area contributed by atoms with Crippen LogP contribution in [0.1, 0.15) is 33.1 Å². The molecule has 3 rings (SSSR count). The highest BCUT2D eigenvalue weighted by molar-refractivity contribution is 5.58. The molecule has 0 amide bonds. The van der Waals surface area contributed by atoms with Gasteiger partial charge in [0.25, 0.3) is 0 Å². The second kappa shape index (κ2) is 5.64. The highest BCUT2D eigenvalue weighted by Crippen LogP contribution is 2.49. The van der Waals surface area contributed by atoms with Gasteiger partial charge in [0.1, 0.15) is 6.20 Å². The molecular formula is C14H22N4O2. The molecule has 1 aliphatic carbocycles. The quantitative estimate of drug-likeness (QED) is 0.474. The Bertz CT molecular complexity index is 517. The molecule has 1 aromatic heterocycles. The van der Waals surface area contributed by atoms with E-state index in [1.807, 2.05) is 13.8 Å². The lowest BCUT2D eigenvalue weighted by atomic mass is 10.1. The number of nitro groups is 1. The zero-order chi connectivity index (χ0) is 14.8. The first kappa shape index (κ1) is 14.6. The van der Waals surface area contributed by atoms with E-state index in [1.165, 1.54) is 19.0 Å². The zero-order valence-corrected chi connectivity index (χ0v) is 12.4. The molecule has 1 aromatic rings. The molecule has 2 aliphatic rings. The van der Waals surface area contributed by atoms with Crippen molar-refractivity contribution in [1.82, 2.24) is 9.78 Å². The molecule has 0 bridgehead atoms. The number of anilines is 1. The molecule has 1 fully saturated rings. The topological polar surface area (TPSA) is 64.2 Å². The number of aryl methyl sites for hydroxylation is 1. The number of rotatable bonds is 2. The fraction of sp³-hybridized carbons (Fsp3) is 0.643. The Morgan fingerprint density at radius 2 is 2.10 bits per heavy atom. The average Bonchev–Trinajstić information content (AvgIpc) is 3.15. The molecule has 6 nitrogen and oxygen atoms in total. The van der Waals surface area contributed by atoms with Crippen molar-refractivity contribution in [3.05, 3.63) is 28.5 Å². The summed E-state index contributed by atoms with van der Waals surface area (Å²) in [6.45, 7) is 5.68. The molecule has 0 saturated heterocycles. The van der Waals surface area contributed by atoms with Crippen molar-refractivity contribution >= 4 is 11.5 Å². The standard InChI is InChI=1S/C12H16N4O2.C2H6/c1-14-11(10(8-13-14)16(17)18)15-7-3-2-4-12(9-15)5-6-12;1-2/h2,4,8H,3,5-7,9H2,1H3;1-2H3. The van der Waals surface area contributed by atoms with E-state index in [0.717, 1.165) is 19.5 Å². The van der Waals surface area contributed by atoms with Crippen molar-refractivity contribution in [2.45, 2.75) is 33.1 Å². The summed E-state index contributed by atoms with van der Waals surface area (Å²) in [5, 5.41) is 15.1. The van der Waals surface area contributed by atoms with Crippen molar-refractivity contribution in [2.75, 3.05) is 18.0 Å². The van der Waals surface area contributed by atoms with Crippen molar-refractivity contribution in [3.8, 4) is 0 Å². The summed E-state index contributed by atoms with van der Waals surface area (Å²) >= 11 is 0. The van der Waals surface area contributed by atoms with E-state index in [1.54, 1.807) is 11.7 Å². The fourth-order valence-corrected chi connectivity index (χ4v) is 2.66. The van der Waals surface area contributed by atoms with Crippen LogP contribution in [0.2, 0.25) is 0 Å². The van der Waals surface area contributed by atoms with E-state index < -0.39 is 0 Å². The molecule has 0 radical (unpaired) electrons. The van der Waals surface area contributed by atoms with Crippen molar-refractivity contribution < 1.29 is 4.92 Å². The Morgan fingerprint density at radius 1 is 1.40 bits per heavy atom. The van der Waals surface area contributed by atoms with E-state index in [2.05, 4.69) is 22.2 Å². The molecule has 2 heterocycles. The molecule has 0 N–H and O–H groups in total. The minimum absolute atomic E-state index is 0.107. The van der Waals surface area contributed by atoms with Gasteiger partial charge in [-0.05, 0) is 19.3 Å². The Hall–Kier alpha value is -1.85. The van der Waals surface area contributed by atoms with Crippen LogP contribution in [0.4, 0.5) is 11.5 Å². The number of hydrogen-bond acceptors (Lipinski definition) is 4. The Kier molecular flexibility index (Phi) is 4.11. The van der Waals surface area contributed by atoms with Crippen LogP contribution in [0.3, 0.4) is 0 Å². The fourth-order valence-electron chi connectivity index (χ4n) is 2.66. The van der Waals surface area contributed by atoms with E-state index >= 15 is 0 Å². The third-order valence-corrected chi connectivity index (χ3v) is 3.82. The summed E-state index contributed by atoms with van der Waals surface area (Å²) in [5.41, 5.74) is 0.365. The second-order valence-electron chi connectivity index (χ2n) is 5.21.